The summed E-state index contributed by atoms with van der Waals surface area (Å²) in [5.41, 5.74) is 0.385. The molecule has 2 heteroatoms. The van der Waals surface area contributed by atoms with Crippen LogP contribution in [0.3, 0.4) is 0 Å². The third-order valence-electron chi connectivity index (χ3n) is 2.95. The summed E-state index contributed by atoms with van der Waals surface area (Å²) in [5, 5.41) is 0. The van der Waals surface area contributed by atoms with Gasteiger partial charge < -0.3 is 4.74 Å². The second-order valence-corrected chi connectivity index (χ2v) is 6.50. The Bertz CT molecular complexity index is 156. The molecule has 2 atom stereocenters. The van der Waals surface area contributed by atoms with Gasteiger partial charge in [-0.15, -0.1) is 0 Å². The first-order chi connectivity index (χ1) is 6.50. The van der Waals surface area contributed by atoms with E-state index in [9.17, 15) is 0 Å². The SMILES string of the molecule is CC(C)(C)C(Br)CCCC1CCCO1. The van der Waals surface area contributed by atoms with Crippen molar-refractivity contribution < 1.29 is 4.74 Å². The molecule has 1 aliphatic heterocycles. The number of hydrogen-bond acceptors (Lipinski definition) is 1. The number of alkyl halides is 1. The van der Waals surface area contributed by atoms with Crippen molar-refractivity contribution in [3.8, 4) is 0 Å². The molecule has 1 saturated heterocycles. The molecule has 1 aliphatic rings. The standard InChI is InChI=1S/C12H23BrO/c1-12(2,3)11(13)8-4-6-10-7-5-9-14-10/h10-11H,4-9H2,1-3H3. The van der Waals surface area contributed by atoms with E-state index in [1.54, 1.807) is 0 Å². The largest absolute Gasteiger partial charge is 0.378 e. The van der Waals surface area contributed by atoms with Gasteiger partial charge in [-0.05, 0) is 37.5 Å². The summed E-state index contributed by atoms with van der Waals surface area (Å²) >= 11 is 3.77. The summed E-state index contributed by atoms with van der Waals surface area (Å²) in [5.74, 6) is 0. The van der Waals surface area contributed by atoms with Crippen molar-refractivity contribution >= 4 is 15.9 Å². The molecule has 0 aromatic carbocycles. The molecule has 14 heavy (non-hydrogen) atoms. The van der Waals surface area contributed by atoms with Gasteiger partial charge >= 0.3 is 0 Å². The molecule has 0 aromatic heterocycles. The molecular weight excluding hydrogens is 240 g/mol. The van der Waals surface area contributed by atoms with Crippen molar-refractivity contribution in [1.29, 1.82) is 0 Å². The van der Waals surface area contributed by atoms with Crippen LogP contribution in [0, 0.1) is 5.41 Å². The molecule has 2 unspecified atom stereocenters. The van der Waals surface area contributed by atoms with Crippen molar-refractivity contribution in [2.75, 3.05) is 6.61 Å². The molecule has 1 nitrogen and oxygen atoms in total. The summed E-state index contributed by atoms with van der Waals surface area (Å²) in [6.07, 6.45) is 6.92. The highest BCUT2D eigenvalue weighted by Gasteiger charge is 2.22. The highest BCUT2D eigenvalue weighted by Crippen LogP contribution is 2.30. The lowest BCUT2D eigenvalue weighted by atomic mass is 9.89. The lowest BCUT2D eigenvalue weighted by Gasteiger charge is -2.25. The fraction of sp³-hybridized carbons (Fsp3) is 1.00. The van der Waals surface area contributed by atoms with E-state index in [1.165, 1.54) is 32.1 Å². The Morgan fingerprint density at radius 3 is 2.64 bits per heavy atom. The summed E-state index contributed by atoms with van der Waals surface area (Å²) in [6.45, 7) is 7.86. The molecule has 84 valence electrons. The second-order valence-electron chi connectivity index (χ2n) is 5.40. The Morgan fingerprint density at radius 2 is 2.14 bits per heavy atom. The predicted octanol–water partition coefficient (Wildman–Crippen LogP) is 4.15. The molecule has 1 heterocycles. The molecule has 0 aromatic rings. The minimum Gasteiger partial charge on any atom is -0.378 e. The van der Waals surface area contributed by atoms with Gasteiger partial charge in [0, 0.05) is 11.4 Å². The third-order valence-corrected chi connectivity index (χ3v) is 4.78. The molecule has 0 amide bonds. The van der Waals surface area contributed by atoms with Crippen LogP contribution in [0.4, 0.5) is 0 Å². The summed E-state index contributed by atoms with van der Waals surface area (Å²) in [6, 6.07) is 0. The molecule has 0 N–H and O–H groups in total. The number of halogens is 1. The van der Waals surface area contributed by atoms with Crippen LogP contribution in [0.5, 0.6) is 0 Å². The van der Waals surface area contributed by atoms with E-state index in [1.807, 2.05) is 0 Å². The molecule has 0 bridgehead atoms. The number of ether oxygens (including phenoxy) is 1. The predicted molar refractivity (Wildman–Crippen MR) is 65.0 cm³/mol. The van der Waals surface area contributed by atoms with Crippen LogP contribution in [0.15, 0.2) is 0 Å². The molecule has 1 fully saturated rings. The van der Waals surface area contributed by atoms with Gasteiger partial charge in [-0.3, -0.25) is 0 Å². The monoisotopic (exact) mass is 262 g/mol. The summed E-state index contributed by atoms with van der Waals surface area (Å²) < 4.78 is 5.61. The molecule has 1 rings (SSSR count). The normalized spacial score (nSPS) is 25.3. The fourth-order valence-electron chi connectivity index (χ4n) is 1.83. The highest BCUT2D eigenvalue weighted by atomic mass is 79.9. The molecule has 0 saturated carbocycles. The van der Waals surface area contributed by atoms with Gasteiger partial charge in [0.15, 0.2) is 0 Å². The van der Waals surface area contributed by atoms with Crippen molar-refractivity contribution in [3.63, 3.8) is 0 Å². The molecule has 0 aliphatic carbocycles. The van der Waals surface area contributed by atoms with E-state index < -0.39 is 0 Å². The Kier molecular flexibility index (Phi) is 4.92. The average Bonchev–Trinajstić information content (AvgIpc) is 2.55. The summed E-state index contributed by atoms with van der Waals surface area (Å²) in [7, 11) is 0. The average molecular weight is 263 g/mol. The Labute approximate surface area is 96.7 Å². The topological polar surface area (TPSA) is 9.23 Å². The zero-order valence-corrected chi connectivity index (χ0v) is 11.3. The Hall–Kier alpha value is 0.440. The van der Waals surface area contributed by atoms with Crippen LogP contribution in [0.2, 0.25) is 0 Å². The first-order valence-corrected chi connectivity index (χ1v) is 6.67. The zero-order valence-electron chi connectivity index (χ0n) is 9.68. The Balaban J connectivity index is 2.08. The van der Waals surface area contributed by atoms with E-state index in [-0.39, 0.29) is 0 Å². The first kappa shape index (κ1) is 12.5. The van der Waals surface area contributed by atoms with Gasteiger partial charge in [-0.1, -0.05) is 36.7 Å². The third kappa shape index (κ3) is 4.31. The minimum absolute atomic E-state index is 0.385. The first-order valence-electron chi connectivity index (χ1n) is 5.76. The van der Waals surface area contributed by atoms with Crippen LogP contribution in [-0.2, 0) is 4.74 Å². The van der Waals surface area contributed by atoms with Crippen molar-refractivity contribution in [3.05, 3.63) is 0 Å². The maximum atomic E-state index is 5.61. The van der Waals surface area contributed by atoms with Crippen LogP contribution in [-0.4, -0.2) is 17.5 Å². The van der Waals surface area contributed by atoms with E-state index >= 15 is 0 Å². The molecule has 0 spiro atoms. The van der Waals surface area contributed by atoms with Crippen LogP contribution in [0.25, 0.3) is 0 Å². The van der Waals surface area contributed by atoms with Gasteiger partial charge in [-0.2, -0.15) is 0 Å². The highest BCUT2D eigenvalue weighted by molar-refractivity contribution is 9.09. The van der Waals surface area contributed by atoms with Gasteiger partial charge in [-0.25, -0.2) is 0 Å². The van der Waals surface area contributed by atoms with E-state index in [2.05, 4.69) is 36.7 Å². The lowest BCUT2D eigenvalue weighted by Crippen LogP contribution is -2.20. The van der Waals surface area contributed by atoms with Crippen LogP contribution >= 0.6 is 15.9 Å². The van der Waals surface area contributed by atoms with Gasteiger partial charge in [0.05, 0.1) is 6.10 Å². The maximum absolute atomic E-state index is 5.61. The number of rotatable bonds is 4. The second kappa shape index (κ2) is 5.50. The van der Waals surface area contributed by atoms with Gasteiger partial charge in [0.1, 0.15) is 0 Å². The maximum Gasteiger partial charge on any atom is 0.0576 e. The van der Waals surface area contributed by atoms with Crippen molar-refractivity contribution in [1.82, 2.24) is 0 Å². The van der Waals surface area contributed by atoms with E-state index in [4.69, 9.17) is 4.74 Å². The number of hydrogen-bond donors (Lipinski definition) is 0. The lowest BCUT2D eigenvalue weighted by molar-refractivity contribution is 0.101. The van der Waals surface area contributed by atoms with Gasteiger partial charge in [0.2, 0.25) is 0 Å². The van der Waals surface area contributed by atoms with Crippen molar-refractivity contribution in [2.45, 2.75) is 63.8 Å². The smallest absolute Gasteiger partial charge is 0.0576 e. The van der Waals surface area contributed by atoms with Gasteiger partial charge in [0.25, 0.3) is 0 Å². The Morgan fingerprint density at radius 1 is 1.43 bits per heavy atom. The zero-order chi connectivity index (χ0) is 10.6. The van der Waals surface area contributed by atoms with E-state index in [0.717, 1.165) is 6.61 Å². The fourth-order valence-corrected chi connectivity index (χ4v) is 2.15. The molecular formula is C12H23BrO. The van der Waals surface area contributed by atoms with Crippen LogP contribution in [0.1, 0.15) is 52.9 Å². The van der Waals surface area contributed by atoms with Crippen LogP contribution < -0.4 is 0 Å². The van der Waals surface area contributed by atoms with E-state index in [0.29, 0.717) is 16.3 Å². The summed E-state index contributed by atoms with van der Waals surface area (Å²) in [4.78, 5) is 0.636. The quantitative estimate of drug-likeness (QED) is 0.692. The minimum atomic E-state index is 0.385. The van der Waals surface area contributed by atoms with Crippen molar-refractivity contribution in [2.24, 2.45) is 5.41 Å². The molecule has 0 radical (unpaired) electrons.